The average Bonchev–Trinajstić information content (AvgIpc) is 2.55. The summed E-state index contributed by atoms with van der Waals surface area (Å²) in [6.45, 7) is 2.84. The molecule has 0 unspecified atom stereocenters. The molecule has 0 aliphatic heterocycles. The van der Waals surface area contributed by atoms with Gasteiger partial charge < -0.3 is 5.21 Å². The number of azo groups is 1. The molecule has 0 heterocycles. The van der Waals surface area contributed by atoms with E-state index in [0.717, 1.165) is 12.1 Å². The van der Waals surface area contributed by atoms with E-state index in [0.29, 0.717) is 11.6 Å². The van der Waals surface area contributed by atoms with E-state index >= 15 is 0 Å². The third-order valence-corrected chi connectivity index (χ3v) is 3.47. The smallest absolute Gasteiger partial charge is 0.308 e. The van der Waals surface area contributed by atoms with Gasteiger partial charge in [-0.05, 0) is 30.3 Å². The van der Waals surface area contributed by atoms with Crippen molar-refractivity contribution in [3.8, 4) is 0 Å². The third kappa shape index (κ3) is 3.58. The van der Waals surface area contributed by atoms with Gasteiger partial charge in [0.25, 0.3) is 17.1 Å². The van der Waals surface area contributed by atoms with Gasteiger partial charge in [0.05, 0.1) is 26.9 Å². The largest absolute Gasteiger partial charge is 0.594 e. The Morgan fingerprint density at radius 2 is 1.31 bits per heavy atom. The quantitative estimate of drug-likeness (QED) is 0.336. The van der Waals surface area contributed by atoms with Crippen LogP contribution in [0.25, 0.3) is 0 Å². The highest BCUT2D eigenvalue weighted by atomic mass is 16.6. The summed E-state index contributed by atoms with van der Waals surface area (Å²) in [6, 6.07) is 5.26. The van der Waals surface area contributed by atoms with Gasteiger partial charge in [0, 0.05) is 22.8 Å². The van der Waals surface area contributed by atoms with Crippen LogP contribution in [0.5, 0.6) is 0 Å². The highest BCUT2D eigenvalue weighted by Gasteiger charge is 2.25. The minimum Gasteiger partial charge on any atom is -0.594 e. The van der Waals surface area contributed by atoms with Crippen LogP contribution in [0.1, 0.15) is 11.1 Å². The van der Waals surface area contributed by atoms with E-state index < -0.39 is 26.1 Å². The van der Waals surface area contributed by atoms with Crippen LogP contribution >= 0.6 is 0 Å². The molecule has 2 aromatic carbocycles. The van der Waals surface area contributed by atoms with Crippen molar-refractivity contribution in [1.82, 2.24) is 0 Å². The van der Waals surface area contributed by atoms with E-state index in [2.05, 4.69) is 5.11 Å². The Morgan fingerprint density at radius 1 is 0.731 bits per heavy atom. The molecule has 0 radical (unpaired) electrons. The molecule has 12 nitrogen and oxygen atoms in total. The Kier molecular flexibility index (Phi) is 4.86. The Balaban J connectivity index is 2.66. The Labute approximate surface area is 145 Å². The molecule has 0 spiro atoms. The summed E-state index contributed by atoms with van der Waals surface area (Å²) < 4.78 is 0. The highest BCUT2D eigenvalue weighted by Crippen LogP contribution is 2.36. The number of hydrogen-bond donors (Lipinski definition) is 0. The first-order valence-corrected chi connectivity index (χ1v) is 6.99. The number of nitrogens with zero attached hydrogens (tertiary/aromatic N) is 5. The van der Waals surface area contributed by atoms with Crippen molar-refractivity contribution in [1.29, 1.82) is 0 Å². The second-order valence-electron chi connectivity index (χ2n) is 5.25. The number of nitro benzene ring substituents is 3. The number of hydrogen-bond acceptors (Lipinski definition) is 8. The van der Waals surface area contributed by atoms with Gasteiger partial charge in [-0.2, -0.15) is 0 Å². The summed E-state index contributed by atoms with van der Waals surface area (Å²) >= 11 is 0. The zero-order chi connectivity index (χ0) is 19.6. The summed E-state index contributed by atoms with van der Waals surface area (Å²) in [5.41, 5.74) is -1.74. The van der Waals surface area contributed by atoms with Gasteiger partial charge >= 0.3 is 5.69 Å². The average molecular weight is 361 g/mol. The fourth-order valence-corrected chi connectivity index (χ4v) is 2.18. The predicted molar refractivity (Wildman–Crippen MR) is 87.7 cm³/mol. The highest BCUT2D eigenvalue weighted by molar-refractivity contribution is 5.66. The normalized spacial score (nSPS) is 11.2. The number of nitro groups is 3. The van der Waals surface area contributed by atoms with E-state index in [4.69, 9.17) is 0 Å². The van der Waals surface area contributed by atoms with Crippen molar-refractivity contribution in [2.24, 2.45) is 5.11 Å². The van der Waals surface area contributed by atoms with Gasteiger partial charge in [0.15, 0.2) is 0 Å². The zero-order valence-electron chi connectivity index (χ0n) is 13.5. The van der Waals surface area contributed by atoms with E-state index in [1.165, 1.54) is 26.0 Å². The molecule has 0 aliphatic carbocycles. The molecular formula is C14H11N5O7. The SMILES string of the molecule is Cc1ccc([N+](=O)[O-])cc1[N+]([O-])=Nc1c(C)cc([N+](=O)[O-])cc1[N+](=O)[O-]. The first-order chi connectivity index (χ1) is 12.1. The van der Waals surface area contributed by atoms with Gasteiger partial charge in [0.1, 0.15) is 0 Å². The van der Waals surface area contributed by atoms with Gasteiger partial charge in [-0.25, -0.2) is 0 Å². The lowest BCUT2D eigenvalue weighted by Gasteiger charge is -2.05. The van der Waals surface area contributed by atoms with Gasteiger partial charge in [-0.15, -0.1) is 0 Å². The maximum Gasteiger partial charge on any atom is 0.308 e. The first-order valence-electron chi connectivity index (χ1n) is 6.99. The molecule has 26 heavy (non-hydrogen) atoms. The molecule has 0 amide bonds. The van der Waals surface area contributed by atoms with Crippen LogP contribution < -0.4 is 0 Å². The molecule has 134 valence electrons. The van der Waals surface area contributed by atoms with E-state index in [1.807, 2.05) is 0 Å². The molecule has 0 bridgehead atoms. The monoisotopic (exact) mass is 361 g/mol. The number of rotatable bonds is 5. The van der Waals surface area contributed by atoms with Gasteiger partial charge in [-0.1, -0.05) is 0 Å². The second-order valence-corrected chi connectivity index (χ2v) is 5.25. The molecule has 2 aromatic rings. The molecule has 0 atom stereocenters. The van der Waals surface area contributed by atoms with Crippen LogP contribution in [0.3, 0.4) is 0 Å². The molecule has 0 fully saturated rings. The maximum atomic E-state index is 12.3. The molecule has 2 rings (SSSR count). The van der Waals surface area contributed by atoms with Crippen molar-refractivity contribution in [3.05, 3.63) is 77.0 Å². The van der Waals surface area contributed by atoms with Crippen LogP contribution in [0, 0.1) is 49.4 Å². The van der Waals surface area contributed by atoms with Crippen molar-refractivity contribution < 1.29 is 19.6 Å². The number of non-ortho nitro benzene ring substituents is 2. The van der Waals surface area contributed by atoms with Crippen molar-refractivity contribution in [2.75, 3.05) is 0 Å². The Hall–Kier alpha value is -3.96. The predicted octanol–water partition coefficient (Wildman–Crippen LogP) is 3.95. The van der Waals surface area contributed by atoms with Crippen LogP contribution in [-0.4, -0.2) is 19.6 Å². The maximum absolute atomic E-state index is 12.3. The molecule has 0 saturated heterocycles. The standard InChI is InChI=1S/C14H11N5O7/c1-8-3-4-10(17(21)22)6-12(8)16(20)15-14-9(2)5-11(18(23)24)7-13(14)19(25)26/h3-7H,1-2H3. The van der Waals surface area contributed by atoms with Crippen molar-refractivity contribution in [3.63, 3.8) is 0 Å². The zero-order valence-corrected chi connectivity index (χ0v) is 13.5. The lowest BCUT2D eigenvalue weighted by molar-refractivity contribution is -0.439. The summed E-state index contributed by atoms with van der Waals surface area (Å²) in [7, 11) is 0. The van der Waals surface area contributed by atoms with Gasteiger partial charge in [-0.3, -0.25) is 30.3 Å². The molecule has 0 N–H and O–H groups in total. The van der Waals surface area contributed by atoms with Crippen LogP contribution in [-0.2, 0) is 0 Å². The lowest BCUT2D eigenvalue weighted by Crippen LogP contribution is -1.99. The van der Waals surface area contributed by atoms with Crippen LogP contribution in [0.4, 0.5) is 28.4 Å². The summed E-state index contributed by atoms with van der Waals surface area (Å²) in [4.78, 5) is 30.5. The van der Waals surface area contributed by atoms with Crippen molar-refractivity contribution >= 4 is 28.4 Å². The summed E-state index contributed by atoms with van der Waals surface area (Å²) in [5.74, 6) is 0. The lowest BCUT2D eigenvalue weighted by atomic mass is 10.1. The fourth-order valence-electron chi connectivity index (χ4n) is 2.18. The molecule has 0 saturated carbocycles. The molecule has 12 heteroatoms. The fraction of sp³-hybridized carbons (Fsp3) is 0.143. The number of aryl methyl sites for hydroxylation is 2. The van der Waals surface area contributed by atoms with E-state index in [9.17, 15) is 35.6 Å². The second kappa shape index (κ2) is 6.88. The van der Waals surface area contributed by atoms with E-state index in [1.54, 1.807) is 0 Å². The van der Waals surface area contributed by atoms with E-state index in [-0.39, 0.29) is 27.5 Å². The Morgan fingerprint density at radius 3 is 1.85 bits per heavy atom. The minimum absolute atomic E-state index is 0.0174. The number of benzene rings is 2. The van der Waals surface area contributed by atoms with Crippen molar-refractivity contribution in [2.45, 2.75) is 13.8 Å². The van der Waals surface area contributed by atoms with Gasteiger partial charge in [0.2, 0.25) is 5.69 Å². The molecule has 0 aliphatic rings. The summed E-state index contributed by atoms with van der Waals surface area (Å²) in [6.07, 6.45) is 0. The molecular weight excluding hydrogens is 350 g/mol. The molecule has 0 aromatic heterocycles. The van der Waals surface area contributed by atoms with Crippen LogP contribution in [0.15, 0.2) is 35.4 Å². The first kappa shape index (κ1) is 18.4. The van der Waals surface area contributed by atoms with Crippen LogP contribution in [0.2, 0.25) is 0 Å². The summed E-state index contributed by atoms with van der Waals surface area (Å²) in [5, 5.41) is 48.8. The Bertz CT molecular complexity index is 970. The minimum atomic E-state index is -0.896. The topological polar surface area (TPSA) is 168 Å². The third-order valence-electron chi connectivity index (χ3n) is 3.47.